The van der Waals surface area contributed by atoms with Crippen LogP contribution in [0, 0.1) is 0 Å². The molecule has 2 aromatic carbocycles. The fraction of sp³-hybridized carbons (Fsp3) is 0.235. The molecule has 4 rings (SSSR count). The minimum atomic E-state index is 0.481. The summed E-state index contributed by atoms with van der Waals surface area (Å²) >= 11 is 0. The predicted octanol–water partition coefficient (Wildman–Crippen LogP) is 3.53. The molecule has 3 aromatic rings. The molecule has 0 bridgehead atoms. The molecule has 21 heavy (non-hydrogen) atoms. The van der Waals surface area contributed by atoms with E-state index in [4.69, 9.17) is 15.5 Å². The Morgan fingerprint density at radius 1 is 1.10 bits per heavy atom. The number of benzene rings is 2. The van der Waals surface area contributed by atoms with Crippen molar-refractivity contribution in [2.45, 2.75) is 25.5 Å². The lowest BCUT2D eigenvalue weighted by Crippen LogP contribution is -2.05. The standard InChI is InChI=1S/C17H17N3O/c18-12-5-9-14(10-6-12)21-11-17-19-15-3-1-2-4-16(15)20(17)13-7-8-13/h1-6,9-10,13H,7-8,11,18H2. The Balaban J connectivity index is 1.63. The quantitative estimate of drug-likeness (QED) is 0.743. The van der Waals surface area contributed by atoms with Gasteiger partial charge in [0, 0.05) is 11.7 Å². The van der Waals surface area contributed by atoms with E-state index in [0.29, 0.717) is 12.6 Å². The minimum absolute atomic E-state index is 0.481. The summed E-state index contributed by atoms with van der Waals surface area (Å²) in [6, 6.07) is 16.3. The summed E-state index contributed by atoms with van der Waals surface area (Å²) < 4.78 is 8.18. The van der Waals surface area contributed by atoms with Crippen molar-refractivity contribution in [2.24, 2.45) is 0 Å². The van der Waals surface area contributed by atoms with Crippen LogP contribution >= 0.6 is 0 Å². The zero-order valence-electron chi connectivity index (χ0n) is 11.7. The Bertz CT molecular complexity index is 772. The molecule has 0 saturated heterocycles. The molecule has 1 heterocycles. The lowest BCUT2D eigenvalue weighted by Gasteiger charge is -2.09. The summed E-state index contributed by atoms with van der Waals surface area (Å²) in [5, 5.41) is 0. The van der Waals surface area contributed by atoms with Crippen molar-refractivity contribution in [1.82, 2.24) is 9.55 Å². The highest BCUT2D eigenvalue weighted by molar-refractivity contribution is 5.76. The third-order valence-corrected chi connectivity index (χ3v) is 3.83. The molecule has 0 atom stereocenters. The van der Waals surface area contributed by atoms with Crippen molar-refractivity contribution < 1.29 is 4.74 Å². The summed E-state index contributed by atoms with van der Waals surface area (Å²) in [5.74, 6) is 1.81. The van der Waals surface area contributed by atoms with Crippen LogP contribution in [0.3, 0.4) is 0 Å². The van der Waals surface area contributed by atoms with E-state index in [2.05, 4.69) is 22.8 Å². The van der Waals surface area contributed by atoms with Crippen LogP contribution in [-0.4, -0.2) is 9.55 Å². The molecule has 0 aliphatic heterocycles. The summed E-state index contributed by atoms with van der Waals surface area (Å²) in [7, 11) is 0. The second kappa shape index (κ2) is 4.81. The summed E-state index contributed by atoms with van der Waals surface area (Å²) in [6.45, 7) is 0.481. The van der Waals surface area contributed by atoms with Gasteiger partial charge in [0.25, 0.3) is 0 Å². The number of aromatic nitrogens is 2. The highest BCUT2D eigenvalue weighted by Crippen LogP contribution is 2.38. The van der Waals surface area contributed by atoms with Crippen molar-refractivity contribution in [3.63, 3.8) is 0 Å². The van der Waals surface area contributed by atoms with Crippen LogP contribution < -0.4 is 10.5 Å². The molecule has 0 unspecified atom stereocenters. The first-order valence-electron chi connectivity index (χ1n) is 7.25. The van der Waals surface area contributed by atoms with Gasteiger partial charge in [-0.05, 0) is 49.2 Å². The Morgan fingerprint density at radius 2 is 1.86 bits per heavy atom. The lowest BCUT2D eigenvalue weighted by atomic mass is 10.3. The number of fused-ring (bicyclic) bond motifs is 1. The van der Waals surface area contributed by atoms with Crippen molar-refractivity contribution in [1.29, 1.82) is 0 Å². The molecule has 1 aliphatic rings. The van der Waals surface area contributed by atoms with E-state index in [1.54, 1.807) is 0 Å². The Labute approximate surface area is 123 Å². The van der Waals surface area contributed by atoms with Gasteiger partial charge >= 0.3 is 0 Å². The monoisotopic (exact) mass is 279 g/mol. The highest BCUT2D eigenvalue weighted by atomic mass is 16.5. The van der Waals surface area contributed by atoms with Gasteiger partial charge in [-0.3, -0.25) is 0 Å². The van der Waals surface area contributed by atoms with Gasteiger partial charge in [-0.2, -0.15) is 0 Å². The summed E-state index contributed by atoms with van der Waals surface area (Å²) in [6.07, 6.45) is 2.46. The number of ether oxygens (including phenoxy) is 1. The van der Waals surface area contributed by atoms with E-state index < -0.39 is 0 Å². The highest BCUT2D eigenvalue weighted by Gasteiger charge is 2.28. The van der Waals surface area contributed by atoms with Gasteiger partial charge in [-0.1, -0.05) is 12.1 Å². The molecule has 4 heteroatoms. The Hall–Kier alpha value is -2.49. The number of hydrogen-bond donors (Lipinski definition) is 1. The molecule has 2 N–H and O–H groups in total. The third-order valence-electron chi connectivity index (χ3n) is 3.83. The number of rotatable bonds is 4. The van der Waals surface area contributed by atoms with Crippen molar-refractivity contribution in [3.8, 4) is 5.75 Å². The fourth-order valence-electron chi connectivity index (χ4n) is 2.65. The maximum atomic E-state index is 5.86. The van der Waals surface area contributed by atoms with E-state index >= 15 is 0 Å². The number of hydrogen-bond acceptors (Lipinski definition) is 3. The van der Waals surface area contributed by atoms with Gasteiger partial charge in [0.15, 0.2) is 0 Å². The first kappa shape index (κ1) is 12.3. The molecule has 1 aliphatic carbocycles. The van der Waals surface area contributed by atoms with Gasteiger partial charge in [-0.25, -0.2) is 4.98 Å². The SMILES string of the molecule is Nc1ccc(OCc2nc3ccccc3n2C2CC2)cc1. The van der Waals surface area contributed by atoms with Crippen LogP contribution in [-0.2, 0) is 6.61 Å². The molecule has 0 spiro atoms. The van der Waals surface area contributed by atoms with E-state index in [-0.39, 0.29) is 0 Å². The van der Waals surface area contributed by atoms with Gasteiger partial charge in [0.1, 0.15) is 18.2 Å². The molecule has 1 saturated carbocycles. The molecular weight excluding hydrogens is 262 g/mol. The second-order valence-corrected chi connectivity index (χ2v) is 5.48. The van der Waals surface area contributed by atoms with E-state index in [1.807, 2.05) is 30.3 Å². The minimum Gasteiger partial charge on any atom is -0.486 e. The van der Waals surface area contributed by atoms with E-state index in [1.165, 1.54) is 18.4 Å². The van der Waals surface area contributed by atoms with Gasteiger partial charge in [-0.15, -0.1) is 0 Å². The van der Waals surface area contributed by atoms with E-state index in [0.717, 1.165) is 22.8 Å². The Morgan fingerprint density at radius 3 is 2.62 bits per heavy atom. The first-order valence-corrected chi connectivity index (χ1v) is 7.25. The molecule has 1 fully saturated rings. The van der Waals surface area contributed by atoms with Crippen molar-refractivity contribution in [3.05, 3.63) is 54.4 Å². The van der Waals surface area contributed by atoms with Gasteiger partial charge in [0.2, 0.25) is 0 Å². The third kappa shape index (κ3) is 2.33. The number of imidazole rings is 1. The average molecular weight is 279 g/mol. The van der Waals surface area contributed by atoms with Gasteiger partial charge < -0.3 is 15.0 Å². The van der Waals surface area contributed by atoms with E-state index in [9.17, 15) is 0 Å². The number of para-hydroxylation sites is 2. The molecule has 0 amide bonds. The summed E-state index contributed by atoms with van der Waals surface area (Å²) in [4.78, 5) is 4.72. The molecule has 0 radical (unpaired) electrons. The largest absolute Gasteiger partial charge is 0.486 e. The first-order chi connectivity index (χ1) is 10.3. The second-order valence-electron chi connectivity index (χ2n) is 5.48. The summed E-state index contributed by atoms with van der Waals surface area (Å²) in [5.41, 5.74) is 8.67. The van der Waals surface area contributed by atoms with Crippen LogP contribution in [0.25, 0.3) is 11.0 Å². The van der Waals surface area contributed by atoms with Crippen LogP contribution in [0.5, 0.6) is 5.75 Å². The zero-order valence-corrected chi connectivity index (χ0v) is 11.7. The number of nitrogen functional groups attached to an aromatic ring is 1. The molecule has 1 aromatic heterocycles. The molecule has 106 valence electrons. The van der Waals surface area contributed by atoms with Crippen molar-refractivity contribution >= 4 is 16.7 Å². The average Bonchev–Trinajstić information content (AvgIpc) is 3.27. The fourth-order valence-corrected chi connectivity index (χ4v) is 2.65. The smallest absolute Gasteiger partial charge is 0.148 e. The zero-order chi connectivity index (χ0) is 14.2. The molecular formula is C17H17N3O. The van der Waals surface area contributed by atoms with Crippen LogP contribution in [0.15, 0.2) is 48.5 Å². The van der Waals surface area contributed by atoms with Crippen molar-refractivity contribution in [2.75, 3.05) is 5.73 Å². The maximum absolute atomic E-state index is 5.86. The van der Waals surface area contributed by atoms with Crippen LogP contribution in [0.1, 0.15) is 24.7 Å². The lowest BCUT2D eigenvalue weighted by molar-refractivity contribution is 0.290. The van der Waals surface area contributed by atoms with Gasteiger partial charge in [0.05, 0.1) is 11.0 Å². The predicted molar refractivity (Wildman–Crippen MR) is 83.2 cm³/mol. The van der Waals surface area contributed by atoms with Crippen LogP contribution in [0.4, 0.5) is 5.69 Å². The van der Waals surface area contributed by atoms with Crippen LogP contribution in [0.2, 0.25) is 0 Å². The topological polar surface area (TPSA) is 53.1 Å². The number of nitrogens with two attached hydrogens (primary N) is 1. The maximum Gasteiger partial charge on any atom is 0.148 e. The molecule has 4 nitrogen and oxygen atoms in total. The normalized spacial score (nSPS) is 14.5. The number of nitrogens with zero attached hydrogens (tertiary/aromatic N) is 2. The Kier molecular flexibility index (Phi) is 2.81. The number of anilines is 1.